The van der Waals surface area contributed by atoms with Crippen molar-refractivity contribution in [2.24, 2.45) is 5.10 Å². The number of benzene rings is 2. The Bertz CT molecular complexity index is 986. The fourth-order valence-corrected chi connectivity index (χ4v) is 2.10. The molecule has 0 bridgehead atoms. The number of carbonyl (C=O) groups is 2. The number of phenols is 1. The maximum atomic E-state index is 12.0. The second-order valence-corrected chi connectivity index (χ2v) is 5.37. The molecule has 0 fully saturated rings. The van der Waals surface area contributed by atoms with Gasteiger partial charge in [0, 0.05) is 24.2 Å². The van der Waals surface area contributed by atoms with E-state index in [1.807, 2.05) is 0 Å². The molecule has 0 aliphatic heterocycles. The lowest BCUT2D eigenvalue weighted by atomic mass is 10.1. The number of anilines is 1. The third-order valence-corrected chi connectivity index (χ3v) is 3.35. The molecule has 2 amide bonds. The highest BCUT2D eigenvalue weighted by Crippen LogP contribution is 2.33. The molecule has 0 spiro atoms. The summed E-state index contributed by atoms with van der Waals surface area (Å²) in [5.41, 5.74) is 1.00. The van der Waals surface area contributed by atoms with Crippen molar-refractivity contribution in [2.45, 2.75) is 6.92 Å². The average Bonchev–Trinajstić information content (AvgIpc) is 2.62. The number of hydrogen-bond acceptors (Lipinski definition) is 8. The van der Waals surface area contributed by atoms with Crippen molar-refractivity contribution in [3.63, 3.8) is 0 Å². The minimum Gasteiger partial charge on any atom is -0.502 e. The van der Waals surface area contributed by atoms with E-state index in [0.29, 0.717) is 11.8 Å². The summed E-state index contributed by atoms with van der Waals surface area (Å²) in [5.74, 6) is -1.74. The van der Waals surface area contributed by atoms with Crippen LogP contribution in [0.2, 0.25) is 0 Å². The molecule has 0 radical (unpaired) electrons. The third-order valence-electron chi connectivity index (χ3n) is 3.35. The van der Waals surface area contributed by atoms with Gasteiger partial charge in [-0.25, -0.2) is 5.43 Å². The Morgan fingerprint density at radius 3 is 2.29 bits per heavy atom. The normalized spacial score (nSPS) is 10.5. The van der Waals surface area contributed by atoms with Crippen molar-refractivity contribution in [3.05, 3.63) is 67.8 Å². The Kier molecular flexibility index (Phi) is 5.96. The maximum absolute atomic E-state index is 12.0. The first kappa shape index (κ1) is 20.0. The highest BCUT2D eigenvalue weighted by Gasteiger charge is 2.23. The van der Waals surface area contributed by atoms with E-state index in [1.165, 1.54) is 31.2 Å². The number of amides is 2. The molecule has 12 nitrogen and oxygen atoms in total. The van der Waals surface area contributed by atoms with Crippen LogP contribution in [0.25, 0.3) is 0 Å². The Morgan fingerprint density at radius 2 is 1.75 bits per heavy atom. The predicted molar refractivity (Wildman–Crippen MR) is 97.2 cm³/mol. The molecule has 0 saturated heterocycles. The van der Waals surface area contributed by atoms with Gasteiger partial charge < -0.3 is 10.4 Å². The molecule has 0 aromatic heterocycles. The van der Waals surface area contributed by atoms with Crippen LogP contribution in [0.1, 0.15) is 22.8 Å². The van der Waals surface area contributed by atoms with Gasteiger partial charge in [0.2, 0.25) is 11.7 Å². The lowest BCUT2D eigenvalue weighted by molar-refractivity contribution is -0.394. The van der Waals surface area contributed by atoms with Crippen molar-refractivity contribution in [3.8, 4) is 5.75 Å². The number of nitrogens with zero attached hydrogens (tertiary/aromatic N) is 3. The van der Waals surface area contributed by atoms with Gasteiger partial charge in [-0.15, -0.1) is 0 Å². The van der Waals surface area contributed by atoms with E-state index in [4.69, 9.17) is 0 Å². The average molecular weight is 387 g/mol. The van der Waals surface area contributed by atoms with Crippen LogP contribution in [0.15, 0.2) is 41.5 Å². The summed E-state index contributed by atoms with van der Waals surface area (Å²) < 4.78 is 0. The molecule has 0 heterocycles. The summed E-state index contributed by atoms with van der Waals surface area (Å²) in [4.78, 5) is 42.9. The molecular weight excluding hydrogens is 374 g/mol. The van der Waals surface area contributed by atoms with Gasteiger partial charge >= 0.3 is 5.69 Å². The molecule has 12 heteroatoms. The van der Waals surface area contributed by atoms with Gasteiger partial charge in [-0.1, -0.05) is 0 Å². The third kappa shape index (κ3) is 4.85. The van der Waals surface area contributed by atoms with E-state index in [2.05, 4.69) is 15.8 Å². The van der Waals surface area contributed by atoms with Gasteiger partial charge in [0.1, 0.15) is 0 Å². The van der Waals surface area contributed by atoms with Gasteiger partial charge in [0.25, 0.3) is 11.6 Å². The van der Waals surface area contributed by atoms with Crippen LogP contribution in [-0.2, 0) is 4.79 Å². The summed E-state index contributed by atoms with van der Waals surface area (Å²) in [6.45, 7) is 1.34. The second-order valence-electron chi connectivity index (χ2n) is 5.37. The molecule has 144 valence electrons. The highest BCUT2D eigenvalue weighted by molar-refractivity contribution is 5.96. The fourth-order valence-electron chi connectivity index (χ4n) is 2.10. The van der Waals surface area contributed by atoms with E-state index in [9.17, 15) is 34.9 Å². The summed E-state index contributed by atoms with van der Waals surface area (Å²) in [5, 5.41) is 37.7. The lowest BCUT2D eigenvalue weighted by Crippen LogP contribution is -2.17. The zero-order valence-electron chi connectivity index (χ0n) is 14.3. The topological polar surface area (TPSA) is 177 Å². The van der Waals surface area contributed by atoms with Gasteiger partial charge in [-0.2, -0.15) is 5.10 Å². The first-order valence-corrected chi connectivity index (χ1v) is 7.56. The number of aromatic hydroxyl groups is 1. The molecule has 0 aliphatic carbocycles. The van der Waals surface area contributed by atoms with Crippen LogP contribution < -0.4 is 10.7 Å². The number of nitro groups is 2. The molecule has 2 aromatic rings. The van der Waals surface area contributed by atoms with Crippen LogP contribution in [-0.4, -0.2) is 33.0 Å². The van der Waals surface area contributed by atoms with Crippen molar-refractivity contribution in [1.82, 2.24) is 5.43 Å². The number of non-ortho nitro benzene ring substituents is 1. The van der Waals surface area contributed by atoms with E-state index >= 15 is 0 Å². The summed E-state index contributed by atoms with van der Waals surface area (Å²) in [7, 11) is 0. The largest absolute Gasteiger partial charge is 0.502 e. The Hall–Kier alpha value is -4.35. The Balaban J connectivity index is 2.17. The monoisotopic (exact) mass is 387 g/mol. The van der Waals surface area contributed by atoms with Gasteiger partial charge in [0.15, 0.2) is 0 Å². The molecule has 28 heavy (non-hydrogen) atoms. The first-order valence-electron chi connectivity index (χ1n) is 7.56. The van der Waals surface area contributed by atoms with Crippen molar-refractivity contribution >= 4 is 35.1 Å². The number of phenolic OH excluding ortho intramolecular Hbond substituents is 1. The smallest absolute Gasteiger partial charge is 0.318 e. The standard InChI is InChI=1S/C16H13N5O7/c1-9(22)18-12-4-2-10(3-5-12)16(24)19-17-8-11-6-13(20(25)26)7-14(15(11)23)21(27)28/h2-8,23H,1H3,(H,18,22)(H,19,24)/b17-8-. The SMILES string of the molecule is CC(=O)Nc1ccc(C(=O)N/N=C\c2cc([N+](=O)[O-])cc([N+](=O)[O-])c2O)cc1. The van der Waals surface area contributed by atoms with Gasteiger partial charge in [-0.3, -0.25) is 29.8 Å². The van der Waals surface area contributed by atoms with Crippen LogP contribution in [0, 0.1) is 20.2 Å². The van der Waals surface area contributed by atoms with Crippen LogP contribution in [0.3, 0.4) is 0 Å². The Labute approximate surface area is 156 Å². The van der Waals surface area contributed by atoms with Crippen molar-refractivity contribution < 1.29 is 24.5 Å². The Morgan fingerprint density at radius 1 is 1.11 bits per heavy atom. The van der Waals surface area contributed by atoms with Crippen LogP contribution >= 0.6 is 0 Å². The second kappa shape index (κ2) is 8.35. The minimum atomic E-state index is -0.977. The molecule has 0 aliphatic rings. The number of hydrazone groups is 1. The molecule has 0 unspecified atom stereocenters. The van der Waals surface area contributed by atoms with E-state index in [1.54, 1.807) is 0 Å². The number of hydrogen-bond donors (Lipinski definition) is 3. The lowest BCUT2D eigenvalue weighted by Gasteiger charge is -2.04. The summed E-state index contributed by atoms with van der Waals surface area (Å²) in [6, 6.07) is 7.32. The number of carbonyl (C=O) groups excluding carboxylic acids is 2. The van der Waals surface area contributed by atoms with Crippen LogP contribution in [0.4, 0.5) is 17.1 Å². The van der Waals surface area contributed by atoms with E-state index in [-0.39, 0.29) is 17.0 Å². The first-order chi connectivity index (χ1) is 13.2. The van der Waals surface area contributed by atoms with E-state index < -0.39 is 32.9 Å². The number of nitro benzene ring substituents is 2. The molecule has 2 rings (SSSR count). The molecule has 0 saturated carbocycles. The molecule has 3 N–H and O–H groups in total. The zero-order chi connectivity index (χ0) is 20.8. The minimum absolute atomic E-state index is 0.195. The van der Waals surface area contributed by atoms with Crippen molar-refractivity contribution in [2.75, 3.05) is 5.32 Å². The van der Waals surface area contributed by atoms with Crippen LogP contribution in [0.5, 0.6) is 5.75 Å². The summed E-state index contributed by atoms with van der Waals surface area (Å²) >= 11 is 0. The summed E-state index contributed by atoms with van der Waals surface area (Å²) in [6.07, 6.45) is 0.846. The number of rotatable bonds is 6. The predicted octanol–water partition coefficient (Wildman–Crippen LogP) is 1.93. The molecule has 0 atom stereocenters. The van der Waals surface area contributed by atoms with Gasteiger partial charge in [0.05, 0.1) is 27.7 Å². The quantitative estimate of drug-likeness (QED) is 0.385. The maximum Gasteiger partial charge on any atom is 0.318 e. The van der Waals surface area contributed by atoms with E-state index in [0.717, 1.165) is 12.3 Å². The molecular formula is C16H13N5O7. The highest BCUT2D eigenvalue weighted by atomic mass is 16.6. The van der Waals surface area contributed by atoms with Crippen molar-refractivity contribution in [1.29, 1.82) is 0 Å². The number of nitrogens with one attached hydrogen (secondary N) is 2. The molecule has 2 aromatic carbocycles. The zero-order valence-corrected chi connectivity index (χ0v) is 14.3. The fraction of sp³-hybridized carbons (Fsp3) is 0.0625. The van der Waals surface area contributed by atoms with Gasteiger partial charge in [-0.05, 0) is 24.3 Å².